The van der Waals surface area contributed by atoms with Gasteiger partial charge in [0.25, 0.3) is 0 Å². The SMILES string of the molecule is O=C(CCNS(=O)(=O)c1cccs1)N1CCNCC1. The van der Waals surface area contributed by atoms with Crippen molar-refractivity contribution in [2.75, 3.05) is 32.7 Å². The zero-order chi connectivity index (χ0) is 13.7. The number of nitrogens with zero attached hydrogens (tertiary/aromatic N) is 1. The molecule has 1 saturated heterocycles. The molecule has 8 heteroatoms. The summed E-state index contributed by atoms with van der Waals surface area (Å²) in [6.07, 6.45) is 0.199. The van der Waals surface area contributed by atoms with Gasteiger partial charge in [-0.1, -0.05) is 6.07 Å². The number of carbonyl (C=O) groups is 1. The number of sulfonamides is 1. The molecule has 0 aliphatic carbocycles. The van der Waals surface area contributed by atoms with Crippen molar-refractivity contribution in [3.8, 4) is 0 Å². The van der Waals surface area contributed by atoms with Crippen molar-refractivity contribution in [1.29, 1.82) is 0 Å². The van der Waals surface area contributed by atoms with Crippen molar-refractivity contribution in [3.63, 3.8) is 0 Å². The number of hydrogen-bond acceptors (Lipinski definition) is 5. The molecule has 6 nitrogen and oxygen atoms in total. The molecular formula is C11H17N3O3S2. The van der Waals surface area contributed by atoms with Crippen LogP contribution in [0.4, 0.5) is 0 Å². The monoisotopic (exact) mass is 303 g/mol. The summed E-state index contributed by atoms with van der Waals surface area (Å²) in [4.78, 5) is 13.6. The third kappa shape index (κ3) is 4.00. The molecular weight excluding hydrogens is 286 g/mol. The highest BCUT2D eigenvalue weighted by Gasteiger charge is 2.18. The lowest BCUT2D eigenvalue weighted by molar-refractivity contribution is -0.131. The average Bonchev–Trinajstić information content (AvgIpc) is 2.94. The number of amides is 1. The predicted octanol–water partition coefficient (Wildman–Crippen LogP) is -0.152. The van der Waals surface area contributed by atoms with Gasteiger partial charge >= 0.3 is 0 Å². The number of rotatable bonds is 5. The van der Waals surface area contributed by atoms with Crippen molar-refractivity contribution >= 4 is 27.3 Å². The van der Waals surface area contributed by atoms with Crippen LogP contribution < -0.4 is 10.0 Å². The Labute approximate surface area is 116 Å². The van der Waals surface area contributed by atoms with Crippen LogP contribution in [0.1, 0.15) is 6.42 Å². The maximum Gasteiger partial charge on any atom is 0.250 e. The quantitative estimate of drug-likeness (QED) is 0.793. The smallest absolute Gasteiger partial charge is 0.250 e. The fourth-order valence-electron chi connectivity index (χ4n) is 1.85. The molecule has 0 aromatic carbocycles. The van der Waals surface area contributed by atoms with Crippen LogP contribution in [0.3, 0.4) is 0 Å². The minimum absolute atomic E-state index is 0.00428. The second-order valence-corrected chi connectivity index (χ2v) is 7.15. The summed E-state index contributed by atoms with van der Waals surface area (Å²) in [5.74, 6) is -0.00428. The van der Waals surface area contributed by atoms with Gasteiger partial charge in [0.05, 0.1) is 0 Å². The van der Waals surface area contributed by atoms with Crippen LogP contribution in [-0.4, -0.2) is 51.9 Å². The molecule has 1 aromatic rings. The van der Waals surface area contributed by atoms with Crippen molar-refractivity contribution in [3.05, 3.63) is 17.5 Å². The fourth-order valence-corrected chi connectivity index (χ4v) is 3.92. The first-order valence-electron chi connectivity index (χ1n) is 6.11. The Morgan fingerprint density at radius 2 is 2.16 bits per heavy atom. The molecule has 1 aliphatic rings. The fraction of sp³-hybridized carbons (Fsp3) is 0.545. The van der Waals surface area contributed by atoms with Gasteiger partial charge in [-0.15, -0.1) is 11.3 Å². The third-order valence-electron chi connectivity index (χ3n) is 2.86. The summed E-state index contributed by atoms with van der Waals surface area (Å²) in [6.45, 7) is 3.12. The average molecular weight is 303 g/mol. The molecule has 106 valence electrons. The summed E-state index contributed by atoms with van der Waals surface area (Å²) in [5.41, 5.74) is 0. The van der Waals surface area contributed by atoms with Crippen molar-refractivity contribution in [2.24, 2.45) is 0 Å². The number of carbonyl (C=O) groups excluding carboxylic acids is 1. The van der Waals surface area contributed by atoms with Crippen LogP contribution in [0.2, 0.25) is 0 Å². The molecule has 19 heavy (non-hydrogen) atoms. The standard InChI is InChI=1S/C11H17N3O3S2/c15-10(14-7-5-12-6-8-14)3-4-13-19(16,17)11-2-1-9-18-11/h1-2,9,12-13H,3-8H2. The summed E-state index contributed by atoms with van der Waals surface area (Å²) in [7, 11) is -3.46. The number of thiophene rings is 1. The highest BCUT2D eigenvalue weighted by Crippen LogP contribution is 2.15. The van der Waals surface area contributed by atoms with E-state index in [1.807, 2.05) is 0 Å². The zero-order valence-corrected chi connectivity index (χ0v) is 12.1. The van der Waals surface area contributed by atoms with Crippen LogP contribution in [0.5, 0.6) is 0 Å². The molecule has 2 rings (SSSR count). The summed E-state index contributed by atoms with van der Waals surface area (Å²) >= 11 is 1.16. The second-order valence-electron chi connectivity index (χ2n) is 4.21. The van der Waals surface area contributed by atoms with E-state index < -0.39 is 10.0 Å². The van der Waals surface area contributed by atoms with Crippen LogP contribution in [-0.2, 0) is 14.8 Å². The van der Waals surface area contributed by atoms with E-state index in [9.17, 15) is 13.2 Å². The van der Waals surface area contributed by atoms with Gasteiger partial charge in [-0.05, 0) is 11.4 Å². The first kappa shape index (κ1) is 14.4. The molecule has 0 bridgehead atoms. The van der Waals surface area contributed by atoms with Crippen LogP contribution >= 0.6 is 11.3 Å². The predicted molar refractivity (Wildman–Crippen MR) is 73.6 cm³/mol. The molecule has 2 heterocycles. The molecule has 0 radical (unpaired) electrons. The Hall–Kier alpha value is -0.960. The largest absolute Gasteiger partial charge is 0.340 e. The third-order valence-corrected chi connectivity index (χ3v) is 5.72. The number of piperazine rings is 1. The van der Waals surface area contributed by atoms with Crippen molar-refractivity contribution in [2.45, 2.75) is 10.6 Å². The van der Waals surface area contributed by atoms with Crippen LogP contribution in [0, 0.1) is 0 Å². The van der Waals surface area contributed by atoms with E-state index in [1.165, 1.54) is 0 Å². The molecule has 1 aliphatic heterocycles. The van der Waals surface area contributed by atoms with E-state index in [1.54, 1.807) is 22.4 Å². The Bertz CT molecular complexity index is 507. The lowest BCUT2D eigenvalue weighted by atomic mass is 10.3. The molecule has 0 atom stereocenters. The summed E-state index contributed by atoms with van der Waals surface area (Å²) in [6, 6.07) is 3.23. The van der Waals surface area contributed by atoms with Gasteiger partial charge in [-0.25, -0.2) is 13.1 Å². The Morgan fingerprint density at radius 1 is 1.42 bits per heavy atom. The van der Waals surface area contributed by atoms with Gasteiger partial charge in [-0.3, -0.25) is 4.79 Å². The van der Waals surface area contributed by atoms with Crippen LogP contribution in [0.15, 0.2) is 21.7 Å². The molecule has 2 N–H and O–H groups in total. The lowest BCUT2D eigenvalue weighted by Gasteiger charge is -2.27. The molecule has 0 spiro atoms. The Kier molecular flexibility index (Phi) is 4.92. The molecule has 1 fully saturated rings. The molecule has 0 unspecified atom stereocenters. The van der Waals surface area contributed by atoms with Crippen molar-refractivity contribution in [1.82, 2.24) is 14.9 Å². The van der Waals surface area contributed by atoms with Gasteiger partial charge in [-0.2, -0.15) is 0 Å². The summed E-state index contributed by atoms with van der Waals surface area (Å²) in [5, 5.41) is 4.87. The highest BCUT2D eigenvalue weighted by molar-refractivity contribution is 7.91. The zero-order valence-electron chi connectivity index (χ0n) is 10.5. The van der Waals surface area contributed by atoms with E-state index in [0.29, 0.717) is 13.1 Å². The lowest BCUT2D eigenvalue weighted by Crippen LogP contribution is -2.47. The van der Waals surface area contributed by atoms with Gasteiger partial charge in [0.15, 0.2) is 0 Å². The molecule has 1 amide bonds. The van der Waals surface area contributed by atoms with Gasteiger partial charge in [0.2, 0.25) is 15.9 Å². The summed E-state index contributed by atoms with van der Waals surface area (Å²) < 4.78 is 26.4. The Balaban J connectivity index is 1.78. The minimum Gasteiger partial charge on any atom is -0.340 e. The first-order chi connectivity index (χ1) is 9.09. The second kappa shape index (κ2) is 6.47. The van der Waals surface area contributed by atoms with E-state index in [-0.39, 0.29) is 23.1 Å². The normalized spacial score (nSPS) is 16.5. The first-order valence-corrected chi connectivity index (χ1v) is 8.47. The van der Waals surface area contributed by atoms with Crippen LogP contribution in [0.25, 0.3) is 0 Å². The van der Waals surface area contributed by atoms with Crippen molar-refractivity contribution < 1.29 is 13.2 Å². The van der Waals surface area contributed by atoms with E-state index in [4.69, 9.17) is 0 Å². The van der Waals surface area contributed by atoms with Gasteiger partial charge < -0.3 is 10.2 Å². The highest BCUT2D eigenvalue weighted by atomic mass is 32.2. The van der Waals surface area contributed by atoms with E-state index in [2.05, 4.69) is 10.0 Å². The maximum absolute atomic E-state index is 11.8. The maximum atomic E-state index is 11.8. The number of hydrogen-bond donors (Lipinski definition) is 2. The topological polar surface area (TPSA) is 78.5 Å². The van der Waals surface area contributed by atoms with E-state index >= 15 is 0 Å². The number of nitrogens with one attached hydrogen (secondary N) is 2. The minimum atomic E-state index is -3.46. The van der Waals surface area contributed by atoms with E-state index in [0.717, 1.165) is 24.4 Å². The van der Waals surface area contributed by atoms with Gasteiger partial charge in [0.1, 0.15) is 4.21 Å². The molecule has 1 aromatic heterocycles. The van der Waals surface area contributed by atoms with Gasteiger partial charge in [0, 0.05) is 39.1 Å². The Morgan fingerprint density at radius 3 is 2.79 bits per heavy atom. The molecule has 0 saturated carbocycles.